The van der Waals surface area contributed by atoms with E-state index < -0.39 is 5.85 Å². The predicted molar refractivity (Wildman–Crippen MR) is 163 cm³/mol. The van der Waals surface area contributed by atoms with Crippen molar-refractivity contribution in [2.75, 3.05) is 0 Å². The van der Waals surface area contributed by atoms with Crippen molar-refractivity contribution < 1.29 is 14.1 Å². The first-order valence-corrected chi connectivity index (χ1v) is 14.8. The monoisotopic (exact) mass is 620 g/mol. The minimum absolute atomic E-state index is 0.126. The average Bonchev–Trinajstić information content (AvgIpc) is 3.71. The van der Waals surface area contributed by atoms with Crippen molar-refractivity contribution in [3.8, 4) is 17.1 Å². The Kier molecular flexibility index (Phi) is 5.58. The van der Waals surface area contributed by atoms with Gasteiger partial charge >= 0.3 is 5.85 Å². The van der Waals surface area contributed by atoms with Crippen LogP contribution >= 0.6 is 27.7 Å². The fourth-order valence-corrected chi connectivity index (χ4v) is 6.98. The van der Waals surface area contributed by atoms with Crippen LogP contribution in [0, 0.1) is 0 Å². The van der Waals surface area contributed by atoms with Gasteiger partial charge in [0.1, 0.15) is 11.3 Å². The highest BCUT2D eigenvalue weighted by Gasteiger charge is 2.58. The SMILES string of the molecule is O=C1NC2(Oc3ccc(Br)cc3C3CC(c4ccccc4)=NN32)/C(=C/c2ccc3noc(-c4ccccc4)c3c2)S1. The number of hydrogen-bond donors (Lipinski definition) is 1. The molecule has 41 heavy (non-hydrogen) atoms. The highest BCUT2D eigenvalue weighted by molar-refractivity contribution is 9.10. The summed E-state index contributed by atoms with van der Waals surface area (Å²) in [6.45, 7) is 0. The highest BCUT2D eigenvalue weighted by Crippen LogP contribution is 2.53. The van der Waals surface area contributed by atoms with Gasteiger partial charge < -0.3 is 9.26 Å². The van der Waals surface area contributed by atoms with Gasteiger partial charge in [0.25, 0.3) is 5.24 Å². The number of ether oxygens (including phenoxy) is 1. The van der Waals surface area contributed by atoms with E-state index >= 15 is 0 Å². The Balaban J connectivity index is 1.27. The molecule has 7 nitrogen and oxygen atoms in total. The van der Waals surface area contributed by atoms with Crippen molar-refractivity contribution in [2.45, 2.75) is 18.3 Å². The van der Waals surface area contributed by atoms with Crippen LogP contribution in [0.4, 0.5) is 4.79 Å². The summed E-state index contributed by atoms with van der Waals surface area (Å²) >= 11 is 4.74. The summed E-state index contributed by atoms with van der Waals surface area (Å²) in [5.41, 5.74) is 5.61. The number of amides is 1. The molecule has 0 saturated carbocycles. The van der Waals surface area contributed by atoms with Crippen LogP contribution in [-0.4, -0.2) is 27.0 Å². The number of nitrogens with zero attached hydrogens (tertiary/aromatic N) is 3. The summed E-state index contributed by atoms with van der Waals surface area (Å²) in [6, 6.07) is 31.8. The number of thioether (sulfide) groups is 1. The topological polar surface area (TPSA) is 80.0 Å². The third-order valence-corrected chi connectivity index (χ3v) is 8.97. The number of aromatic nitrogens is 1. The molecule has 4 heterocycles. The first-order valence-electron chi connectivity index (χ1n) is 13.2. The van der Waals surface area contributed by atoms with Crippen LogP contribution in [0.3, 0.4) is 0 Å². The fourth-order valence-electron chi connectivity index (χ4n) is 5.69. The van der Waals surface area contributed by atoms with Crippen molar-refractivity contribution in [3.05, 3.63) is 123 Å². The normalized spacial score (nSPS) is 22.0. The number of carbonyl (C=O) groups excluding carboxylic acids is 1. The van der Waals surface area contributed by atoms with Crippen LogP contribution in [0.15, 0.2) is 116 Å². The van der Waals surface area contributed by atoms with E-state index in [1.807, 2.05) is 89.9 Å². The van der Waals surface area contributed by atoms with Crippen molar-refractivity contribution in [1.82, 2.24) is 15.5 Å². The Bertz CT molecular complexity index is 1910. The lowest BCUT2D eigenvalue weighted by Gasteiger charge is -2.45. The molecule has 5 aromatic rings. The standard InChI is InChI=1S/C32H21BrN4O3S/c33-22-12-14-28-24(17-22)27-18-26(20-7-3-1-4-8-20)35-37(27)32(39-28)29(41-31(38)34-32)16-19-11-13-25-23(15-19)30(40-36-25)21-9-5-2-6-10-21/h1-17,27H,18H2,(H,34,38)/b29-16-. The zero-order chi connectivity index (χ0) is 27.6. The Morgan fingerprint density at radius 2 is 1.76 bits per heavy atom. The predicted octanol–water partition coefficient (Wildman–Crippen LogP) is 7.95. The van der Waals surface area contributed by atoms with Crippen LogP contribution in [0.1, 0.15) is 29.2 Å². The first-order chi connectivity index (χ1) is 20.1. The number of hydrazone groups is 1. The molecule has 8 rings (SSSR count). The van der Waals surface area contributed by atoms with E-state index in [0.29, 0.717) is 22.8 Å². The zero-order valence-corrected chi connectivity index (χ0v) is 23.9. The van der Waals surface area contributed by atoms with Gasteiger partial charge in [-0.1, -0.05) is 87.8 Å². The molecule has 4 aromatic carbocycles. The number of benzene rings is 4. The van der Waals surface area contributed by atoms with E-state index in [1.165, 1.54) is 0 Å². The van der Waals surface area contributed by atoms with Gasteiger partial charge in [0.15, 0.2) is 5.76 Å². The summed E-state index contributed by atoms with van der Waals surface area (Å²) in [7, 11) is 0. The van der Waals surface area contributed by atoms with Gasteiger partial charge in [-0.05, 0) is 59.3 Å². The van der Waals surface area contributed by atoms with Gasteiger partial charge in [0, 0.05) is 22.0 Å². The Hall–Kier alpha value is -4.34. The number of fused-ring (bicyclic) bond motifs is 5. The molecule has 3 aliphatic rings. The van der Waals surface area contributed by atoms with Crippen LogP contribution in [0.25, 0.3) is 28.3 Å². The van der Waals surface area contributed by atoms with Gasteiger partial charge in [-0.15, -0.1) is 0 Å². The molecular weight excluding hydrogens is 600 g/mol. The van der Waals surface area contributed by atoms with Gasteiger partial charge in [-0.3, -0.25) is 10.1 Å². The van der Waals surface area contributed by atoms with E-state index in [9.17, 15) is 4.79 Å². The molecule has 1 saturated heterocycles. The molecule has 1 amide bonds. The minimum Gasteiger partial charge on any atom is -0.444 e. The van der Waals surface area contributed by atoms with Gasteiger partial charge in [0.05, 0.1) is 22.0 Å². The number of halogens is 1. The molecule has 9 heteroatoms. The van der Waals surface area contributed by atoms with Crippen molar-refractivity contribution in [3.63, 3.8) is 0 Å². The lowest BCUT2D eigenvalue weighted by atomic mass is 9.95. The molecule has 0 aliphatic carbocycles. The largest absolute Gasteiger partial charge is 0.444 e. The summed E-state index contributed by atoms with van der Waals surface area (Å²) < 4.78 is 13.4. The number of rotatable bonds is 3. The molecule has 0 radical (unpaired) electrons. The van der Waals surface area contributed by atoms with Gasteiger partial charge in [-0.25, -0.2) is 5.01 Å². The molecule has 2 atom stereocenters. The lowest BCUT2D eigenvalue weighted by molar-refractivity contribution is -0.0949. The third kappa shape index (κ3) is 3.99. The Labute approximate surface area is 248 Å². The van der Waals surface area contributed by atoms with Crippen molar-refractivity contribution in [2.24, 2.45) is 5.10 Å². The average molecular weight is 622 g/mol. The quantitative estimate of drug-likeness (QED) is 0.220. The summed E-state index contributed by atoms with van der Waals surface area (Å²) in [4.78, 5) is 13.8. The fraction of sp³-hybridized carbons (Fsp3) is 0.0938. The van der Waals surface area contributed by atoms with E-state index in [1.54, 1.807) is 0 Å². The molecule has 200 valence electrons. The molecule has 3 aliphatic heterocycles. The van der Waals surface area contributed by atoms with E-state index in [4.69, 9.17) is 14.4 Å². The lowest BCUT2D eigenvalue weighted by Crippen LogP contribution is -2.61. The van der Waals surface area contributed by atoms with E-state index in [0.717, 1.165) is 55.1 Å². The molecule has 1 N–H and O–H groups in total. The van der Waals surface area contributed by atoms with Crippen LogP contribution in [0.2, 0.25) is 0 Å². The summed E-state index contributed by atoms with van der Waals surface area (Å²) in [5, 5.41) is 15.1. The van der Waals surface area contributed by atoms with Crippen LogP contribution in [-0.2, 0) is 0 Å². The Morgan fingerprint density at radius 3 is 2.56 bits per heavy atom. The maximum absolute atomic E-state index is 13.1. The summed E-state index contributed by atoms with van der Waals surface area (Å²) in [6.07, 6.45) is 2.67. The maximum atomic E-state index is 13.1. The Morgan fingerprint density at radius 1 is 0.976 bits per heavy atom. The van der Waals surface area contributed by atoms with Crippen LogP contribution in [0.5, 0.6) is 5.75 Å². The summed E-state index contributed by atoms with van der Waals surface area (Å²) in [5.74, 6) is 0.137. The molecule has 1 aromatic heterocycles. The number of hydrogen-bond acceptors (Lipinski definition) is 7. The van der Waals surface area contributed by atoms with Crippen molar-refractivity contribution >= 4 is 55.6 Å². The highest BCUT2D eigenvalue weighted by atomic mass is 79.9. The number of carbonyl (C=O) groups is 1. The van der Waals surface area contributed by atoms with E-state index in [2.05, 4.69) is 44.6 Å². The smallest absolute Gasteiger partial charge is 0.314 e. The zero-order valence-electron chi connectivity index (χ0n) is 21.5. The maximum Gasteiger partial charge on any atom is 0.314 e. The molecule has 2 unspecified atom stereocenters. The van der Waals surface area contributed by atoms with Crippen molar-refractivity contribution in [1.29, 1.82) is 0 Å². The molecular formula is C32H21BrN4O3S. The van der Waals surface area contributed by atoms with Gasteiger partial charge in [0.2, 0.25) is 0 Å². The molecule has 1 spiro atoms. The first kappa shape index (κ1) is 24.5. The number of nitrogens with one attached hydrogen (secondary N) is 1. The van der Waals surface area contributed by atoms with Gasteiger partial charge in [-0.2, -0.15) is 5.10 Å². The molecule has 1 fully saturated rings. The van der Waals surface area contributed by atoms with Crippen LogP contribution < -0.4 is 10.1 Å². The minimum atomic E-state index is -1.28. The second-order valence-electron chi connectivity index (χ2n) is 10.1. The molecule has 0 bridgehead atoms. The van der Waals surface area contributed by atoms with E-state index in [-0.39, 0.29) is 11.3 Å². The second-order valence-corrected chi connectivity index (χ2v) is 12.0. The third-order valence-electron chi connectivity index (χ3n) is 7.57. The second kappa shape index (κ2) is 9.36.